The average molecular weight is 266 g/mol. The number of nitrogens with zero attached hydrogens (tertiary/aromatic N) is 1. The van der Waals surface area contributed by atoms with Gasteiger partial charge >= 0.3 is 0 Å². The smallest absolute Gasteiger partial charge is 0.221 e. The molecule has 1 aromatic heterocycles. The molecule has 0 saturated heterocycles. The first-order chi connectivity index (χ1) is 8.63. The second-order valence-electron chi connectivity index (χ2n) is 4.78. The summed E-state index contributed by atoms with van der Waals surface area (Å²) < 4.78 is 0. The summed E-state index contributed by atoms with van der Waals surface area (Å²) in [6.45, 7) is 4.33. The number of aromatic nitrogens is 1. The van der Waals surface area contributed by atoms with Crippen LogP contribution in [0.1, 0.15) is 38.3 Å². The van der Waals surface area contributed by atoms with Crippen molar-refractivity contribution in [1.82, 2.24) is 10.3 Å². The van der Waals surface area contributed by atoms with Crippen LogP contribution in [-0.2, 0) is 4.79 Å². The fourth-order valence-corrected chi connectivity index (χ4v) is 2.18. The van der Waals surface area contributed by atoms with Gasteiger partial charge in [0.15, 0.2) is 0 Å². The zero-order chi connectivity index (χ0) is 13.4. The topological polar surface area (TPSA) is 42.0 Å². The van der Waals surface area contributed by atoms with E-state index in [2.05, 4.69) is 24.1 Å². The van der Waals surface area contributed by atoms with Gasteiger partial charge < -0.3 is 5.32 Å². The zero-order valence-electron chi connectivity index (χ0n) is 11.3. The lowest BCUT2D eigenvalue weighted by Crippen LogP contribution is -2.29. The Hall–Kier alpha value is -1.03. The summed E-state index contributed by atoms with van der Waals surface area (Å²) in [6, 6.07) is 4.01. The number of thioether (sulfide) groups is 1. The second kappa shape index (κ2) is 8.14. The van der Waals surface area contributed by atoms with Crippen LogP contribution >= 0.6 is 11.8 Å². The van der Waals surface area contributed by atoms with Gasteiger partial charge in [-0.25, -0.2) is 0 Å². The van der Waals surface area contributed by atoms with Crippen molar-refractivity contribution >= 4 is 17.7 Å². The molecule has 0 aliphatic rings. The van der Waals surface area contributed by atoms with E-state index in [1.54, 1.807) is 18.0 Å². The van der Waals surface area contributed by atoms with Crippen LogP contribution in [0.2, 0.25) is 0 Å². The Morgan fingerprint density at radius 1 is 1.50 bits per heavy atom. The number of hydrogen-bond acceptors (Lipinski definition) is 3. The maximum absolute atomic E-state index is 11.8. The van der Waals surface area contributed by atoms with Gasteiger partial charge in [-0.15, -0.1) is 0 Å². The van der Waals surface area contributed by atoms with Crippen LogP contribution in [0.5, 0.6) is 0 Å². The molecule has 18 heavy (non-hydrogen) atoms. The standard InChI is InChI=1S/C14H22N2OS/c1-11(2)9-13(12-5-4-7-15-10-12)16-14(17)6-8-18-3/h4-5,7,10-11,13H,6,8-9H2,1-3H3,(H,16,17)/t13-/m0/s1. The highest BCUT2D eigenvalue weighted by Gasteiger charge is 2.15. The van der Waals surface area contributed by atoms with Gasteiger partial charge in [0.05, 0.1) is 6.04 Å². The molecule has 0 saturated carbocycles. The molecule has 0 unspecified atom stereocenters. The third kappa shape index (κ3) is 5.54. The molecule has 1 atom stereocenters. The van der Waals surface area contributed by atoms with Crippen molar-refractivity contribution in [2.75, 3.05) is 12.0 Å². The Labute approximate surface area is 114 Å². The van der Waals surface area contributed by atoms with Gasteiger partial charge in [-0.3, -0.25) is 9.78 Å². The van der Waals surface area contributed by atoms with Gasteiger partial charge in [0.25, 0.3) is 0 Å². The molecule has 0 spiro atoms. The highest BCUT2D eigenvalue weighted by molar-refractivity contribution is 7.98. The lowest BCUT2D eigenvalue weighted by molar-refractivity contribution is -0.121. The molecule has 1 rings (SSSR count). The summed E-state index contributed by atoms with van der Waals surface area (Å²) in [5.74, 6) is 1.53. The van der Waals surface area contributed by atoms with E-state index in [-0.39, 0.29) is 11.9 Å². The first kappa shape index (κ1) is 15.0. The molecule has 0 fully saturated rings. The summed E-state index contributed by atoms with van der Waals surface area (Å²) in [5.41, 5.74) is 1.09. The fraction of sp³-hybridized carbons (Fsp3) is 0.571. The van der Waals surface area contributed by atoms with Crippen molar-refractivity contribution in [3.05, 3.63) is 30.1 Å². The lowest BCUT2D eigenvalue weighted by atomic mass is 9.98. The minimum absolute atomic E-state index is 0.0769. The summed E-state index contributed by atoms with van der Waals surface area (Å²) >= 11 is 1.69. The lowest BCUT2D eigenvalue weighted by Gasteiger charge is -2.20. The Bertz CT molecular complexity index is 354. The molecule has 0 radical (unpaired) electrons. The fourth-order valence-electron chi connectivity index (χ4n) is 1.79. The predicted octanol–water partition coefficient (Wildman–Crippen LogP) is 3.04. The van der Waals surface area contributed by atoms with Gasteiger partial charge in [-0.1, -0.05) is 19.9 Å². The normalized spacial score (nSPS) is 12.4. The van der Waals surface area contributed by atoms with E-state index < -0.39 is 0 Å². The van der Waals surface area contributed by atoms with Crippen LogP contribution in [0, 0.1) is 5.92 Å². The van der Waals surface area contributed by atoms with Crippen molar-refractivity contribution in [1.29, 1.82) is 0 Å². The predicted molar refractivity (Wildman–Crippen MR) is 77.6 cm³/mol. The number of rotatable bonds is 7. The minimum Gasteiger partial charge on any atom is -0.349 e. The van der Waals surface area contributed by atoms with E-state index in [1.807, 2.05) is 24.6 Å². The van der Waals surface area contributed by atoms with Crippen LogP contribution in [0.15, 0.2) is 24.5 Å². The Morgan fingerprint density at radius 2 is 2.28 bits per heavy atom. The van der Waals surface area contributed by atoms with Crippen LogP contribution in [0.4, 0.5) is 0 Å². The quantitative estimate of drug-likeness (QED) is 0.825. The Morgan fingerprint density at radius 3 is 2.83 bits per heavy atom. The Kier molecular flexibility index (Phi) is 6.80. The van der Waals surface area contributed by atoms with E-state index in [4.69, 9.17) is 0 Å². The molecule has 0 aliphatic heterocycles. The van der Waals surface area contributed by atoms with E-state index >= 15 is 0 Å². The number of hydrogen-bond donors (Lipinski definition) is 1. The molecule has 100 valence electrons. The first-order valence-electron chi connectivity index (χ1n) is 6.31. The number of carbonyl (C=O) groups excluding carboxylic acids is 1. The van der Waals surface area contributed by atoms with Crippen LogP contribution < -0.4 is 5.32 Å². The molecular formula is C14H22N2OS. The zero-order valence-corrected chi connectivity index (χ0v) is 12.2. The highest BCUT2D eigenvalue weighted by Crippen LogP contribution is 2.20. The van der Waals surface area contributed by atoms with E-state index in [0.29, 0.717) is 12.3 Å². The largest absolute Gasteiger partial charge is 0.349 e. The van der Waals surface area contributed by atoms with Crippen molar-refractivity contribution in [2.45, 2.75) is 32.7 Å². The first-order valence-corrected chi connectivity index (χ1v) is 7.71. The van der Waals surface area contributed by atoms with Crippen molar-refractivity contribution in [2.24, 2.45) is 5.92 Å². The summed E-state index contributed by atoms with van der Waals surface area (Å²) in [6.07, 6.45) is 7.13. The van der Waals surface area contributed by atoms with Crippen LogP contribution in [0.3, 0.4) is 0 Å². The van der Waals surface area contributed by atoms with E-state index in [0.717, 1.165) is 17.7 Å². The molecule has 1 heterocycles. The maximum atomic E-state index is 11.8. The molecule has 0 bridgehead atoms. The molecule has 0 aliphatic carbocycles. The summed E-state index contributed by atoms with van der Waals surface area (Å²) in [7, 11) is 0. The van der Waals surface area contributed by atoms with Crippen LogP contribution in [0.25, 0.3) is 0 Å². The summed E-state index contributed by atoms with van der Waals surface area (Å²) in [5, 5.41) is 3.11. The molecule has 4 heteroatoms. The molecule has 1 aromatic rings. The average Bonchev–Trinajstić information content (AvgIpc) is 2.36. The molecule has 0 aromatic carbocycles. The van der Waals surface area contributed by atoms with Crippen molar-refractivity contribution in [3.63, 3.8) is 0 Å². The molecule has 3 nitrogen and oxygen atoms in total. The van der Waals surface area contributed by atoms with Gasteiger partial charge in [-0.2, -0.15) is 11.8 Å². The summed E-state index contributed by atoms with van der Waals surface area (Å²) in [4.78, 5) is 15.9. The monoisotopic (exact) mass is 266 g/mol. The van der Waals surface area contributed by atoms with Gasteiger partial charge in [0.1, 0.15) is 0 Å². The molecule has 1 amide bonds. The third-order valence-electron chi connectivity index (χ3n) is 2.66. The van der Waals surface area contributed by atoms with Crippen molar-refractivity contribution in [3.8, 4) is 0 Å². The minimum atomic E-state index is 0.0769. The molecular weight excluding hydrogens is 244 g/mol. The number of amides is 1. The van der Waals surface area contributed by atoms with E-state index in [1.165, 1.54) is 0 Å². The number of nitrogens with one attached hydrogen (secondary N) is 1. The SMILES string of the molecule is CSCCC(=O)N[C@@H](CC(C)C)c1cccnc1. The number of pyridine rings is 1. The van der Waals surface area contributed by atoms with Gasteiger partial charge in [-0.05, 0) is 30.2 Å². The highest BCUT2D eigenvalue weighted by atomic mass is 32.2. The molecule has 1 N–H and O–H groups in total. The maximum Gasteiger partial charge on any atom is 0.221 e. The van der Waals surface area contributed by atoms with Gasteiger partial charge in [0, 0.05) is 24.6 Å². The van der Waals surface area contributed by atoms with Gasteiger partial charge in [0.2, 0.25) is 5.91 Å². The Balaban J connectivity index is 2.64. The third-order valence-corrected chi connectivity index (χ3v) is 3.27. The van der Waals surface area contributed by atoms with E-state index in [9.17, 15) is 4.79 Å². The van der Waals surface area contributed by atoms with Crippen LogP contribution in [-0.4, -0.2) is 22.9 Å². The van der Waals surface area contributed by atoms with Crippen molar-refractivity contribution < 1.29 is 4.79 Å². The number of carbonyl (C=O) groups is 1. The second-order valence-corrected chi connectivity index (χ2v) is 5.76.